The van der Waals surface area contributed by atoms with E-state index in [1.807, 2.05) is 69.3 Å². The standard InChI is InChI=1S/C57H78N6O12/c1-12-32-71-52(68)45(33-37-26-28-38(29-27-37)74-56(6,7)8)61-49(65)46(35-73-55(3,4)5)62-50(66)47-25-19-31-63(47)51(67)44(24-17-18-30-58-53(69)75-57(9,10)11)60-48(64)36(2)59-54(70)72-34-43-41-22-15-13-20-39(41)40-21-14-16-23-42(40)43/h12-16,20-23,26-29,36,43-47H,1,17-19,24-25,30-35H2,2-11H3,(H,58,69)(H,59,70)(H,60,64)(H,61,65)(H,62,66)/t36-,44-,45-,46-,47-/m0/s1. The van der Waals surface area contributed by atoms with Crippen molar-refractivity contribution in [1.29, 1.82) is 0 Å². The highest BCUT2D eigenvalue weighted by molar-refractivity contribution is 5.96. The molecule has 0 unspecified atom stereocenters. The van der Waals surface area contributed by atoms with Crippen LogP contribution in [0, 0.1) is 0 Å². The Morgan fingerprint density at radius 2 is 1.33 bits per heavy atom. The molecule has 0 bridgehead atoms. The lowest BCUT2D eigenvalue weighted by atomic mass is 9.98. The van der Waals surface area contributed by atoms with Crippen LogP contribution in [0.3, 0.4) is 0 Å². The molecule has 18 heteroatoms. The van der Waals surface area contributed by atoms with Crippen LogP contribution < -0.4 is 31.3 Å². The number of alkyl carbamates (subject to hydrolysis) is 2. The van der Waals surface area contributed by atoms with E-state index < -0.39 is 88.8 Å². The molecule has 6 amide bonds. The minimum absolute atomic E-state index is 0.0291. The van der Waals surface area contributed by atoms with Crippen molar-refractivity contribution in [2.75, 3.05) is 32.9 Å². The topological polar surface area (TPSA) is 229 Å². The summed E-state index contributed by atoms with van der Waals surface area (Å²) in [7, 11) is 0. The number of ether oxygens (including phenoxy) is 5. The fourth-order valence-electron chi connectivity index (χ4n) is 8.69. The van der Waals surface area contributed by atoms with Crippen LogP contribution in [-0.2, 0) is 49.3 Å². The van der Waals surface area contributed by atoms with Gasteiger partial charge < -0.3 is 55.2 Å². The van der Waals surface area contributed by atoms with Gasteiger partial charge in [-0.3, -0.25) is 19.2 Å². The van der Waals surface area contributed by atoms with Crippen LogP contribution in [0.25, 0.3) is 11.1 Å². The number of hydrogen-bond acceptors (Lipinski definition) is 12. The first-order valence-corrected chi connectivity index (χ1v) is 25.8. The molecule has 5 N–H and O–H groups in total. The number of unbranched alkanes of at least 4 members (excludes halogenated alkanes) is 1. The van der Waals surface area contributed by atoms with Crippen LogP contribution in [0.1, 0.15) is 124 Å². The number of hydrogen-bond donors (Lipinski definition) is 5. The summed E-state index contributed by atoms with van der Waals surface area (Å²) in [6.45, 7) is 21.6. The number of nitrogens with zero attached hydrogens (tertiary/aromatic N) is 1. The minimum Gasteiger partial charge on any atom is -0.488 e. The van der Waals surface area contributed by atoms with Crippen molar-refractivity contribution in [3.05, 3.63) is 102 Å². The number of carbonyl (C=O) groups is 7. The molecule has 1 aliphatic carbocycles. The van der Waals surface area contributed by atoms with Crippen molar-refractivity contribution < 1.29 is 57.2 Å². The van der Waals surface area contributed by atoms with E-state index in [0.717, 1.165) is 22.3 Å². The fourth-order valence-corrected chi connectivity index (χ4v) is 8.69. The number of likely N-dealkylation sites (tertiary alicyclic amines) is 1. The van der Waals surface area contributed by atoms with Crippen LogP contribution in [-0.4, -0.2) is 127 Å². The van der Waals surface area contributed by atoms with E-state index in [9.17, 15) is 33.6 Å². The summed E-state index contributed by atoms with van der Waals surface area (Å²) in [5.74, 6) is -2.88. The largest absolute Gasteiger partial charge is 0.488 e. The maximum absolute atomic E-state index is 14.6. The van der Waals surface area contributed by atoms with E-state index in [1.165, 1.54) is 17.9 Å². The van der Waals surface area contributed by atoms with E-state index in [4.69, 9.17) is 23.7 Å². The molecule has 1 fully saturated rings. The second-order valence-corrected chi connectivity index (χ2v) is 21.9. The Morgan fingerprint density at radius 3 is 1.93 bits per heavy atom. The van der Waals surface area contributed by atoms with Gasteiger partial charge in [-0.25, -0.2) is 14.4 Å². The van der Waals surface area contributed by atoms with Gasteiger partial charge in [0, 0.05) is 25.4 Å². The van der Waals surface area contributed by atoms with E-state index in [-0.39, 0.29) is 58.1 Å². The highest BCUT2D eigenvalue weighted by Gasteiger charge is 2.40. The molecule has 1 aliphatic heterocycles. The first-order chi connectivity index (χ1) is 35.3. The molecule has 18 nitrogen and oxygen atoms in total. The highest BCUT2D eigenvalue weighted by atomic mass is 16.6. The average Bonchev–Trinajstić information content (AvgIpc) is 3.96. The van der Waals surface area contributed by atoms with E-state index in [0.29, 0.717) is 30.6 Å². The molecule has 3 aromatic carbocycles. The lowest BCUT2D eigenvalue weighted by Gasteiger charge is -2.31. The van der Waals surface area contributed by atoms with Gasteiger partial charge in [0.05, 0.1) is 12.2 Å². The lowest BCUT2D eigenvalue weighted by molar-refractivity contribution is -0.148. The summed E-state index contributed by atoms with van der Waals surface area (Å²) in [5, 5.41) is 13.7. The van der Waals surface area contributed by atoms with Crippen molar-refractivity contribution >= 4 is 41.8 Å². The van der Waals surface area contributed by atoms with Crippen LogP contribution in [0.15, 0.2) is 85.5 Å². The summed E-state index contributed by atoms with van der Waals surface area (Å²) in [6, 6.07) is 17.1. The van der Waals surface area contributed by atoms with Crippen molar-refractivity contribution in [1.82, 2.24) is 31.5 Å². The number of rotatable bonds is 23. The Kier molecular flexibility index (Phi) is 20.8. The van der Waals surface area contributed by atoms with Crippen molar-refractivity contribution in [2.24, 2.45) is 0 Å². The van der Waals surface area contributed by atoms with Gasteiger partial charge in [-0.1, -0.05) is 73.3 Å². The van der Waals surface area contributed by atoms with Crippen LogP contribution >= 0.6 is 0 Å². The van der Waals surface area contributed by atoms with Gasteiger partial charge in [-0.05, 0) is 141 Å². The number of amides is 6. The monoisotopic (exact) mass is 1040 g/mol. The van der Waals surface area contributed by atoms with Crippen LogP contribution in [0.5, 0.6) is 5.75 Å². The molecule has 0 saturated carbocycles. The first-order valence-electron chi connectivity index (χ1n) is 25.8. The van der Waals surface area contributed by atoms with Crippen LogP contribution in [0.4, 0.5) is 9.59 Å². The Balaban J connectivity index is 1.28. The zero-order chi connectivity index (χ0) is 55.1. The third-order valence-electron chi connectivity index (χ3n) is 12.2. The third-order valence-corrected chi connectivity index (χ3v) is 12.2. The Hall–Kier alpha value is -6.95. The number of esters is 1. The zero-order valence-corrected chi connectivity index (χ0v) is 45.3. The second-order valence-electron chi connectivity index (χ2n) is 21.9. The zero-order valence-electron chi connectivity index (χ0n) is 45.3. The molecule has 2 aliphatic rings. The van der Waals surface area contributed by atoms with Gasteiger partial charge in [0.15, 0.2) is 0 Å². The average molecular weight is 1040 g/mol. The van der Waals surface area contributed by atoms with E-state index >= 15 is 0 Å². The van der Waals surface area contributed by atoms with Gasteiger partial charge in [-0.15, -0.1) is 0 Å². The van der Waals surface area contributed by atoms with Gasteiger partial charge in [0.1, 0.15) is 60.4 Å². The SMILES string of the molecule is C=CCOC(=O)[C@H](Cc1ccc(OC(C)(C)C)cc1)NC(=O)[C@H](COC(C)(C)C)NC(=O)[C@@H]1CCCN1C(=O)[C@H](CCCCNC(=O)OC(C)(C)C)NC(=O)[C@H](C)NC(=O)OCC1c2ccccc2-c2ccccc21. The Morgan fingerprint density at radius 1 is 0.707 bits per heavy atom. The maximum Gasteiger partial charge on any atom is 0.407 e. The predicted molar refractivity (Wildman–Crippen MR) is 284 cm³/mol. The molecule has 5 atom stereocenters. The summed E-state index contributed by atoms with van der Waals surface area (Å²) in [5.41, 5.74) is 3.03. The van der Waals surface area contributed by atoms with Crippen LogP contribution in [0.2, 0.25) is 0 Å². The second kappa shape index (κ2) is 26.5. The van der Waals surface area contributed by atoms with Crippen molar-refractivity contribution in [3.8, 4) is 16.9 Å². The quantitative estimate of drug-likeness (QED) is 0.0280. The third kappa shape index (κ3) is 18.4. The minimum atomic E-state index is -1.32. The molecule has 408 valence electrons. The van der Waals surface area contributed by atoms with Gasteiger partial charge in [0.2, 0.25) is 23.6 Å². The Bertz CT molecular complexity index is 2430. The lowest BCUT2D eigenvalue weighted by Crippen LogP contribution is -2.59. The maximum atomic E-state index is 14.6. The highest BCUT2D eigenvalue weighted by Crippen LogP contribution is 2.44. The molecule has 3 aromatic rings. The molecular weight excluding hydrogens is 961 g/mol. The molecule has 0 radical (unpaired) electrons. The molecule has 75 heavy (non-hydrogen) atoms. The van der Waals surface area contributed by atoms with E-state index in [2.05, 4.69) is 33.2 Å². The number of nitrogens with one attached hydrogen (secondary N) is 5. The normalized spacial score (nSPS) is 15.9. The fraction of sp³-hybridized carbons (Fsp3) is 0.526. The van der Waals surface area contributed by atoms with Crippen molar-refractivity contribution in [3.63, 3.8) is 0 Å². The van der Waals surface area contributed by atoms with Gasteiger partial charge in [0.25, 0.3) is 0 Å². The number of carbonyl (C=O) groups excluding carboxylic acids is 7. The molecular formula is C57H78N6O12. The van der Waals surface area contributed by atoms with Gasteiger partial charge >= 0.3 is 18.2 Å². The van der Waals surface area contributed by atoms with E-state index in [1.54, 1.807) is 65.8 Å². The summed E-state index contributed by atoms with van der Waals surface area (Å²) in [6.07, 6.45) is 1.63. The predicted octanol–water partition coefficient (Wildman–Crippen LogP) is 7.02. The van der Waals surface area contributed by atoms with Gasteiger partial charge in [-0.2, -0.15) is 0 Å². The molecule has 0 aromatic heterocycles. The summed E-state index contributed by atoms with van der Waals surface area (Å²) in [4.78, 5) is 97.4. The summed E-state index contributed by atoms with van der Waals surface area (Å²) >= 11 is 0. The number of fused-ring (bicyclic) bond motifs is 3. The molecule has 1 heterocycles. The first kappa shape index (κ1) is 58.9. The van der Waals surface area contributed by atoms with Crippen molar-refractivity contribution in [2.45, 2.75) is 161 Å². The molecule has 0 spiro atoms. The number of benzene rings is 3. The Labute approximate surface area is 441 Å². The smallest absolute Gasteiger partial charge is 0.407 e. The molecule has 5 rings (SSSR count). The summed E-state index contributed by atoms with van der Waals surface area (Å²) < 4.78 is 28.4. The molecule has 1 saturated heterocycles.